The molecular weight excluding hydrogens is 445 g/mol. The first kappa shape index (κ1) is 22.6. The largest absolute Gasteiger partial charge is 0.381 e. The highest BCUT2D eigenvalue weighted by atomic mass is 127. The summed E-state index contributed by atoms with van der Waals surface area (Å²) in [6.45, 7) is 3.53. The predicted octanol–water partition coefficient (Wildman–Crippen LogP) is 3.66. The van der Waals surface area contributed by atoms with Gasteiger partial charge in [-0.05, 0) is 43.3 Å². The number of hydrogen-bond donors (Lipinski definition) is 2. The fourth-order valence-electron chi connectivity index (χ4n) is 3.17. The molecule has 0 spiro atoms. The van der Waals surface area contributed by atoms with Gasteiger partial charge in [-0.3, -0.25) is 4.99 Å². The lowest BCUT2D eigenvalue weighted by atomic mass is 9.74. The lowest BCUT2D eigenvalue weighted by Crippen LogP contribution is -2.48. The molecule has 0 aromatic heterocycles. The van der Waals surface area contributed by atoms with Gasteiger partial charge in [0, 0.05) is 38.8 Å². The van der Waals surface area contributed by atoms with Crippen molar-refractivity contribution < 1.29 is 4.74 Å². The normalized spacial score (nSPS) is 16.8. The van der Waals surface area contributed by atoms with E-state index in [1.165, 1.54) is 24.2 Å². The minimum atomic E-state index is 0. The molecule has 1 aliphatic rings. The Labute approximate surface area is 174 Å². The molecule has 2 rings (SSSR count). The minimum Gasteiger partial charge on any atom is -0.381 e. The zero-order valence-corrected chi connectivity index (χ0v) is 18.6. The first-order valence-electron chi connectivity index (χ1n) is 8.87. The van der Waals surface area contributed by atoms with E-state index < -0.39 is 0 Å². The average molecular weight is 477 g/mol. The van der Waals surface area contributed by atoms with Gasteiger partial charge in [-0.15, -0.1) is 24.0 Å². The van der Waals surface area contributed by atoms with E-state index in [9.17, 15) is 0 Å². The fourth-order valence-corrected chi connectivity index (χ4v) is 3.67. The van der Waals surface area contributed by atoms with Crippen molar-refractivity contribution in [1.29, 1.82) is 0 Å². The Kier molecular flexibility index (Phi) is 11.6. The van der Waals surface area contributed by atoms with Gasteiger partial charge in [0.15, 0.2) is 5.96 Å². The van der Waals surface area contributed by atoms with Crippen LogP contribution in [-0.4, -0.2) is 51.3 Å². The summed E-state index contributed by atoms with van der Waals surface area (Å²) < 4.78 is 5.61. The van der Waals surface area contributed by atoms with E-state index >= 15 is 0 Å². The first-order chi connectivity index (χ1) is 11.8. The van der Waals surface area contributed by atoms with Crippen LogP contribution in [0, 0.1) is 0 Å². The molecule has 1 aliphatic heterocycles. The molecule has 4 nitrogen and oxygen atoms in total. The van der Waals surface area contributed by atoms with Crippen molar-refractivity contribution >= 4 is 41.7 Å². The summed E-state index contributed by atoms with van der Waals surface area (Å²) in [5.74, 6) is 2.13. The van der Waals surface area contributed by atoms with Crippen LogP contribution < -0.4 is 10.6 Å². The van der Waals surface area contributed by atoms with E-state index in [0.717, 1.165) is 45.1 Å². The molecule has 1 heterocycles. The molecule has 0 bridgehead atoms. The van der Waals surface area contributed by atoms with Crippen LogP contribution in [0.5, 0.6) is 0 Å². The standard InChI is InChI=1S/C19H31N3OS.HI/c1-20-18(21-12-6-7-15-24-2)22-16-19(10-13-23-14-11-19)17-8-4-3-5-9-17;/h3-5,8-9H,6-7,10-16H2,1-2H3,(H2,20,21,22);1H. The van der Waals surface area contributed by atoms with Crippen molar-refractivity contribution in [1.82, 2.24) is 10.6 Å². The smallest absolute Gasteiger partial charge is 0.191 e. The van der Waals surface area contributed by atoms with Crippen molar-refractivity contribution in [3.05, 3.63) is 35.9 Å². The Hall–Kier alpha value is -0.470. The Balaban J connectivity index is 0.00000312. The molecule has 1 aromatic rings. The van der Waals surface area contributed by atoms with E-state index in [-0.39, 0.29) is 29.4 Å². The van der Waals surface area contributed by atoms with E-state index in [4.69, 9.17) is 4.74 Å². The number of rotatable bonds is 8. The van der Waals surface area contributed by atoms with Gasteiger partial charge >= 0.3 is 0 Å². The number of aliphatic imine (C=N–C) groups is 1. The summed E-state index contributed by atoms with van der Waals surface area (Å²) in [5.41, 5.74) is 1.53. The molecule has 0 aliphatic carbocycles. The third kappa shape index (κ3) is 7.35. The third-order valence-corrected chi connectivity index (χ3v) is 5.42. The third-order valence-electron chi connectivity index (χ3n) is 4.72. The molecule has 0 saturated carbocycles. The molecule has 142 valence electrons. The second kappa shape index (κ2) is 12.8. The number of unbranched alkanes of at least 4 members (excludes halogenated alkanes) is 1. The zero-order chi connectivity index (χ0) is 17.1. The van der Waals surface area contributed by atoms with Gasteiger partial charge in [0.2, 0.25) is 0 Å². The first-order valence-corrected chi connectivity index (χ1v) is 10.3. The van der Waals surface area contributed by atoms with Crippen molar-refractivity contribution in [2.24, 2.45) is 4.99 Å². The monoisotopic (exact) mass is 477 g/mol. The van der Waals surface area contributed by atoms with Gasteiger partial charge < -0.3 is 15.4 Å². The van der Waals surface area contributed by atoms with E-state index in [2.05, 4.69) is 52.2 Å². The van der Waals surface area contributed by atoms with Crippen LogP contribution in [0.4, 0.5) is 0 Å². The maximum atomic E-state index is 5.61. The number of thioether (sulfide) groups is 1. The van der Waals surface area contributed by atoms with Crippen molar-refractivity contribution in [3.63, 3.8) is 0 Å². The van der Waals surface area contributed by atoms with Crippen molar-refractivity contribution in [2.75, 3.05) is 45.4 Å². The van der Waals surface area contributed by atoms with Gasteiger partial charge in [0.05, 0.1) is 0 Å². The number of nitrogens with one attached hydrogen (secondary N) is 2. The summed E-state index contributed by atoms with van der Waals surface area (Å²) in [6.07, 6.45) is 6.68. The summed E-state index contributed by atoms with van der Waals surface area (Å²) >= 11 is 1.91. The Morgan fingerprint density at radius 3 is 2.52 bits per heavy atom. The molecule has 0 radical (unpaired) electrons. The lowest BCUT2D eigenvalue weighted by Gasteiger charge is -2.38. The summed E-state index contributed by atoms with van der Waals surface area (Å²) in [4.78, 5) is 4.37. The Morgan fingerprint density at radius 1 is 1.16 bits per heavy atom. The molecule has 6 heteroatoms. The molecule has 1 aromatic carbocycles. The zero-order valence-electron chi connectivity index (χ0n) is 15.4. The van der Waals surface area contributed by atoms with Gasteiger partial charge in [-0.2, -0.15) is 11.8 Å². The van der Waals surface area contributed by atoms with Crippen LogP contribution in [0.25, 0.3) is 0 Å². The number of halogens is 1. The average Bonchev–Trinajstić information content (AvgIpc) is 2.65. The molecular formula is C19H32IN3OS. The molecule has 2 N–H and O–H groups in total. The summed E-state index contributed by atoms with van der Waals surface area (Å²) in [6, 6.07) is 10.8. The molecule has 1 saturated heterocycles. The highest BCUT2D eigenvalue weighted by molar-refractivity contribution is 14.0. The van der Waals surface area contributed by atoms with Crippen molar-refractivity contribution in [3.8, 4) is 0 Å². The maximum absolute atomic E-state index is 5.61. The molecule has 25 heavy (non-hydrogen) atoms. The summed E-state index contributed by atoms with van der Waals surface area (Å²) in [5, 5.41) is 6.98. The number of hydrogen-bond acceptors (Lipinski definition) is 3. The van der Waals surface area contributed by atoms with Crippen molar-refractivity contribution in [2.45, 2.75) is 31.1 Å². The number of nitrogens with zero attached hydrogens (tertiary/aromatic N) is 1. The second-order valence-corrected chi connectivity index (χ2v) is 7.30. The van der Waals surface area contributed by atoms with Crippen LogP contribution >= 0.6 is 35.7 Å². The van der Waals surface area contributed by atoms with Gasteiger partial charge in [0.25, 0.3) is 0 Å². The highest BCUT2D eigenvalue weighted by Gasteiger charge is 2.34. The van der Waals surface area contributed by atoms with E-state index in [0.29, 0.717) is 0 Å². The van der Waals surface area contributed by atoms with Gasteiger partial charge in [-0.25, -0.2) is 0 Å². The Morgan fingerprint density at radius 2 is 1.88 bits per heavy atom. The number of benzene rings is 1. The fraction of sp³-hybridized carbons (Fsp3) is 0.632. The number of guanidine groups is 1. The predicted molar refractivity (Wildman–Crippen MR) is 121 cm³/mol. The molecule has 0 atom stereocenters. The quantitative estimate of drug-likeness (QED) is 0.260. The molecule has 0 unspecified atom stereocenters. The van der Waals surface area contributed by atoms with Crippen LogP contribution in [0.3, 0.4) is 0 Å². The minimum absolute atomic E-state index is 0. The highest BCUT2D eigenvalue weighted by Crippen LogP contribution is 2.34. The summed E-state index contributed by atoms with van der Waals surface area (Å²) in [7, 11) is 1.84. The maximum Gasteiger partial charge on any atom is 0.191 e. The van der Waals surface area contributed by atoms with E-state index in [1.54, 1.807) is 0 Å². The SMILES string of the molecule is CN=C(NCCCCSC)NCC1(c2ccccc2)CCOCC1.I. The van der Waals surface area contributed by atoms with Crippen LogP contribution in [0.2, 0.25) is 0 Å². The van der Waals surface area contributed by atoms with Gasteiger partial charge in [-0.1, -0.05) is 30.3 Å². The molecule has 1 fully saturated rings. The van der Waals surface area contributed by atoms with Crippen LogP contribution in [0.1, 0.15) is 31.2 Å². The van der Waals surface area contributed by atoms with Crippen LogP contribution in [-0.2, 0) is 10.2 Å². The topological polar surface area (TPSA) is 45.7 Å². The Bertz CT molecular complexity index is 493. The number of ether oxygens (including phenoxy) is 1. The van der Waals surface area contributed by atoms with Crippen LogP contribution in [0.15, 0.2) is 35.3 Å². The van der Waals surface area contributed by atoms with Gasteiger partial charge in [0.1, 0.15) is 0 Å². The second-order valence-electron chi connectivity index (χ2n) is 6.31. The van der Waals surface area contributed by atoms with E-state index in [1.807, 2.05) is 18.8 Å². The lowest BCUT2D eigenvalue weighted by molar-refractivity contribution is 0.0514. The molecule has 0 amide bonds.